The molecule has 0 fully saturated rings. The third-order valence-electron chi connectivity index (χ3n) is 3.61. The van der Waals surface area contributed by atoms with Gasteiger partial charge in [-0.3, -0.25) is 9.48 Å². The van der Waals surface area contributed by atoms with Crippen LogP contribution in [0.25, 0.3) is 0 Å². The molecule has 1 unspecified atom stereocenters. The summed E-state index contributed by atoms with van der Waals surface area (Å²) in [5.74, 6) is -1.43. The van der Waals surface area contributed by atoms with Crippen LogP contribution in [0.3, 0.4) is 0 Å². The van der Waals surface area contributed by atoms with Gasteiger partial charge in [0.1, 0.15) is 11.7 Å². The van der Waals surface area contributed by atoms with E-state index in [9.17, 15) is 9.59 Å². The van der Waals surface area contributed by atoms with Crippen molar-refractivity contribution >= 4 is 11.9 Å². The van der Waals surface area contributed by atoms with Crippen LogP contribution in [0.2, 0.25) is 0 Å². The van der Waals surface area contributed by atoms with Crippen molar-refractivity contribution in [2.75, 3.05) is 0 Å². The highest BCUT2D eigenvalue weighted by Crippen LogP contribution is 2.14. The number of aromatic nitrogens is 2. The molecule has 1 heterocycles. The van der Waals surface area contributed by atoms with Gasteiger partial charge in [0, 0.05) is 6.20 Å². The minimum Gasteiger partial charge on any atom is -0.480 e. The summed E-state index contributed by atoms with van der Waals surface area (Å²) in [6, 6.07) is 1.05. The topological polar surface area (TPSA) is 84.2 Å². The number of unbranched alkanes of at least 4 members (excludes halogenated alkanes) is 1. The third kappa shape index (κ3) is 4.88. The molecule has 0 aromatic carbocycles. The van der Waals surface area contributed by atoms with E-state index >= 15 is 0 Å². The molecule has 1 amide bonds. The highest BCUT2D eigenvalue weighted by Gasteiger charge is 2.21. The van der Waals surface area contributed by atoms with E-state index in [1.807, 2.05) is 6.92 Å². The van der Waals surface area contributed by atoms with E-state index in [4.69, 9.17) is 5.11 Å². The lowest BCUT2D eigenvalue weighted by Gasteiger charge is -2.14. The molecule has 21 heavy (non-hydrogen) atoms. The van der Waals surface area contributed by atoms with Gasteiger partial charge in [-0.15, -0.1) is 0 Å². The lowest BCUT2D eigenvalue weighted by Crippen LogP contribution is -2.41. The second kappa shape index (κ2) is 8.44. The Morgan fingerprint density at radius 1 is 1.33 bits per heavy atom. The molecule has 118 valence electrons. The molecular formula is C15H25N3O3. The Balaban J connectivity index is 2.72. The van der Waals surface area contributed by atoms with Crippen LogP contribution in [-0.2, 0) is 4.79 Å². The Morgan fingerprint density at radius 2 is 2.00 bits per heavy atom. The van der Waals surface area contributed by atoms with Crippen LogP contribution in [0.5, 0.6) is 0 Å². The van der Waals surface area contributed by atoms with Gasteiger partial charge in [-0.2, -0.15) is 5.10 Å². The maximum atomic E-state index is 12.1. The van der Waals surface area contributed by atoms with Crippen molar-refractivity contribution in [3.05, 3.63) is 18.0 Å². The minimum absolute atomic E-state index is 0.266. The lowest BCUT2D eigenvalue weighted by atomic mass is 10.1. The number of carboxylic acid groups (broad SMARTS) is 1. The zero-order valence-electron chi connectivity index (χ0n) is 13.0. The normalized spacial score (nSPS) is 12.4. The number of aliphatic carboxylic acids is 1. The van der Waals surface area contributed by atoms with E-state index in [2.05, 4.69) is 24.3 Å². The summed E-state index contributed by atoms with van der Waals surface area (Å²) in [5, 5.41) is 15.9. The van der Waals surface area contributed by atoms with Crippen molar-refractivity contribution < 1.29 is 14.7 Å². The van der Waals surface area contributed by atoms with E-state index in [1.54, 1.807) is 16.9 Å². The second-order valence-electron chi connectivity index (χ2n) is 5.16. The maximum Gasteiger partial charge on any atom is 0.326 e. The van der Waals surface area contributed by atoms with E-state index in [-0.39, 0.29) is 11.7 Å². The highest BCUT2D eigenvalue weighted by molar-refractivity contribution is 5.94. The van der Waals surface area contributed by atoms with Crippen LogP contribution in [-0.4, -0.2) is 32.8 Å². The molecular weight excluding hydrogens is 270 g/mol. The van der Waals surface area contributed by atoms with Gasteiger partial charge in [-0.25, -0.2) is 4.79 Å². The molecule has 6 heteroatoms. The number of carbonyl (C=O) groups is 2. The van der Waals surface area contributed by atoms with Gasteiger partial charge in [0.05, 0.1) is 6.04 Å². The fraction of sp³-hybridized carbons (Fsp3) is 0.667. The molecule has 0 aliphatic heterocycles. The van der Waals surface area contributed by atoms with Crippen LogP contribution < -0.4 is 5.32 Å². The number of nitrogens with one attached hydrogen (secondary N) is 1. The summed E-state index contributed by atoms with van der Waals surface area (Å²) in [6.45, 7) is 6.12. The van der Waals surface area contributed by atoms with Crippen molar-refractivity contribution in [1.29, 1.82) is 0 Å². The highest BCUT2D eigenvalue weighted by atomic mass is 16.4. The van der Waals surface area contributed by atoms with Crippen molar-refractivity contribution in [2.24, 2.45) is 0 Å². The summed E-state index contributed by atoms with van der Waals surface area (Å²) in [4.78, 5) is 23.2. The van der Waals surface area contributed by atoms with Gasteiger partial charge in [0.15, 0.2) is 0 Å². The van der Waals surface area contributed by atoms with Gasteiger partial charge in [-0.1, -0.05) is 33.6 Å². The monoisotopic (exact) mass is 295 g/mol. The molecule has 0 saturated heterocycles. The Hall–Kier alpha value is -1.85. The first-order chi connectivity index (χ1) is 10.0. The summed E-state index contributed by atoms with van der Waals surface area (Å²) < 4.78 is 1.77. The number of nitrogens with zero attached hydrogens (tertiary/aromatic N) is 2. The molecule has 2 N–H and O–H groups in total. The van der Waals surface area contributed by atoms with Crippen molar-refractivity contribution in [2.45, 2.75) is 65.0 Å². The average molecular weight is 295 g/mol. The zero-order chi connectivity index (χ0) is 15.8. The fourth-order valence-electron chi connectivity index (χ4n) is 2.22. The van der Waals surface area contributed by atoms with Gasteiger partial charge in [-0.05, 0) is 25.3 Å². The molecule has 1 atom stereocenters. The smallest absolute Gasteiger partial charge is 0.326 e. The second-order valence-corrected chi connectivity index (χ2v) is 5.16. The molecule has 0 aliphatic rings. The fourth-order valence-corrected chi connectivity index (χ4v) is 2.22. The van der Waals surface area contributed by atoms with Crippen LogP contribution in [0, 0.1) is 0 Å². The SMILES string of the molecule is CCCCC(NC(=O)c1ccn(C(CC)CC)n1)C(=O)O. The van der Waals surface area contributed by atoms with Gasteiger partial charge in [0.2, 0.25) is 0 Å². The third-order valence-corrected chi connectivity index (χ3v) is 3.61. The first kappa shape index (κ1) is 17.2. The number of hydrogen-bond donors (Lipinski definition) is 2. The summed E-state index contributed by atoms with van der Waals surface area (Å²) in [5.41, 5.74) is 0.268. The number of hydrogen-bond acceptors (Lipinski definition) is 3. The molecule has 0 radical (unpaired) electrons. The molecule has 1 rings (SSSR count). The Bertz CT molecular complexity index is 466. The largest absolute Gasteiger partial charge is 0.480 e. The number of rotatable bonds is 9. The number of carboxylic acids is 1. The predicted octanol–water partition coefficient (Wildman–Crippen LogP) is 2.62. The zero-order valence-corrected chi connectivity index (χ0v) is 13.0. The first-order valence-electron chi connectivity index (χ1n) is 7.62. The maximum absolute atomic E-state index is 12.1. The molecule has 6 nitrogen and oxygen atoms in total. The first-order valence-corrected chi connectivity index (χ1v) is 7.62. The Labute approximate surface area is 125 Å². The van der Waals surface area contributed by atoms with Crippen LogP contribution in [0.15, 0.2) is 12.3 Å². The number of amides is 1. The van der Waals surface area contributed by atoms with Crippen LogP contribution in [0.4, 0.5) is 0 Å². The molecule has 0 aliphatic carbocycles. The van der Waals surface area contributed by atoms with Crippen molar-refractivity contribution in [3.63, 3.8) is 0 Å². The molecule has 0 saturated carbocycles. The minimum atomic E-state index is -1.00. The quantitative estimate of drug-likeness (QED) is 0.733. The van der Waals surface area contributed by atoms with E-state index in [0.717, 1.165) is 25.7 Å². The number of carbonyl (C=O) groups excluding carboxylic acids is 1. The van der Waals surface area contributed by atoms with Crippen LogP contribution >= 0.6 is 0 Å². The Kier molecular flexibility index (Phi) is 6.91. The van der Waals surface area contributed by atoms with Gasteiger partial charge < -0.3 is 10.4 Å². The molecule has 1 aromatic heterocycles. The van der Waals surface area contributed by atoms with Crippen molar-refractivity contribution in [3.8, 4) is 0 Å². The predicted molar refractivity (Wildman–Crippen MR) is 80.3 cm³/mol. The standard InChI is InChI=1S/C15H25N3O3/c1-4-7-8-13(15(20)21)16-14(19)12-9-10-18(17-12)11(5-2)6-3/h9-11,13H,4-8H2,1-3H3,(H,16,19)(H,20,21). The lowest BCUT2D eigenvalue weighted by molar-refractivity contribution is -0.139. The van der Waals surface area contributed by atoms with E-state index in [0.29, 0.717) is 6.42 Å². The van der Waals surface area contributed by atoms with Crippen molar-refractivity contribution in [1.82, 2.24) is 15.1 Å². The van der Waals surface area contributed by atoms with E-state index in [1.165, 1.54) is 0 Å². The van der Waals surface area contributed by atoms with E-state index < -0.39 is 17.9 Å². The summed E-state index contributed by atoms with van der Waals surface area (Å²) in [7, 11) is 0. The molecule has 1 aromatic rings. The van der Waals surface area contributed by atoms with Gasteiger partial charge >= 0.3 is 5.97 Å². The average Bonchev–Trinajstić information content (AvgIpc) is 2.94. The molecule has 0 spiro atoms. The van der Waals surface area contributed by atoms with Crippen LogP contribution in [0.1, 0.15) is 69.4 Å². The summed E-state index contributed by atoms with van der Waals surface area (Å²) in [6.07, 6.45) is 5.74. The summed E-state index contributed by atoms with van der Waals surface area (Å²) >= 11 is 0. The Morgan fingerprint density at radius 3 is 2.52 bits per heavy atom. The molecule has 0 bridgehead atoms. The van der Waals surface area contributed by atoms with Gasteiger partial charge in [0.25, 0.3) is 5.91 Å².